The molecule has 1 amide bonds. The van der Waals surface area contributed by atoms with Gasteiger partial charge in [0.05, 0.1) is 0 Å². The van der Waals surface area contributed by atoms with Crippen molar-refractivity contribution in [2.45, 2.75) is 32.6 Å². The zero-order valence-corrected chi connectivity index (χ0v) is 14.0. The molecule has 4 heterocycles. The van der Waals surface area contributed by atoms with Crippen LogP contribution in [0.15, 0.2) is 30.7 Å². The number of hydrogen-bond acceptors (Lipinski definition) is 3. The van der Waals surface area contributed by atoms with Crippen molar-refractivity contribution in [1.82, 2.24) is 24.3 Å². The number of aromatic amines is 1. The molecule has 0 saturated carbocycles. The fraction of sp³-hybridized carbons (Fsp3) is 0.389. The molecule has 4 rings (SSSR count). The number of carbonyl (C=O) groups excluding carboxylic acids is 1. The summed E-state index contributed by atoms with van der Waals surface area (Å²) >= 11 is 0. The van der Waals surface area contributed by atoms with E-state index in [-0.39, 0.29) is 11.8 Å². The number of piperidine rings is 1. The molecule has 3 aromatic rings. The summed E-state index contributed by atoms with van der Waals surface area (Å²) in [5, 5.41) is 0. The topological polar surface area (TPSA) is 66.3 Å². The molecule has 1 fully saturated rings. The first-order valence-corrected chi connectivity index (χ1v) is 8.36. The van der Waals surface area contributed by atoms with Gasteiger partial charge < -0.3 is 14.3 Å². The zero-order valence-electron chi connectivity index (χ0n) is 14.0. The molecule has 0 radical (unpaired) electrons. The highest BCUT2D eigenvalue weighted by Crippen LogP contribution is 2.25. The minimum absolute atomic E-state index is 0.00401. The van der Waals surface area contributed by atoms with Gasteiger partial charge >= 0.3 is 0 Å². The lowest BCUT2D eigenvalue weighted by Crippen LogP contribution is -2.39. The predicted octanol–water partition coefficient (Wildman–Crippen LogP) is 2.69. The van der Waals surface area contributed by atoms with E-state index in [2.05, 4.69) is 15.0 Å². The molecule has 1 aliphatic heterocycles. The molecule has 24 heavy (non-hydrogen) atoms. The number of rotatable bonds is 2. The standard InChI is InChI=1S/C18H21N5O/c1-12-5-6-16-21-15(11-23(16)9-12)18(24)22-7-3-4-14(10-22)17-19-8-13(2)20-17/h5-6,8-9,11,14H,3-4,7,10H2,1-2H3,(H,19,20)/t14-/m0/s1. The number of aryl methyl sites for hydroxylation is 2. The SMILES string of the molecule is Cc1ccc2nc(C(=O)N3CCC[C@H](c4ncc(C)[nH]4)C3)cn2c1. The van der Waals surface area contributed by atoms with E-state index in [0.717, 1.165) is 42.1 Å². The number of imidazole rings is 2. The second-order valence-corrected chi connectivity index (χ2v) is 6.64. The molecule has 6 nitrogen and oxygen atoms in total. The zero-order chi connectivity index (χ0) is 16.7. The molecule has 124 valence electrons. The number of likely N-dealkylation sites (tertiary alicyclic amines) is 1. The van der Waals surface area contributed by atoms with E-state index < -0.39 is 0 Å². The normalized spacial score (nSPS) is 18.2. The highest BCUT2D eigenvalue weighted by Gasteiger charge is 2.28. The van der Waals surface area contributed by atoms with Gasteiger partial charge in [0, 0.05) is 43.3 Å². The quantitative estimate of drug-likeness (QED) is 0.788. The van der Waals surface area contributed by atoms with Gasteiger partial charge in [-0.25, -0.2) is 9.97 Å². The van der Waals surface area contributed by atoms with E-state index in [1.165, 1.54) is 0 Å². The molecule has 0 unspecified atom stereocenters. The monoisotopic (exact) mass is 323 g/mol. The first-order valence-electron chi connectivity index (χ1n) is 8.36. The summed E-state index contributed by atoms with van der Waals surface area (Å²) in [6.45, 7) is 5.50. The number of amides is 1. The highest BCUT2D eigenvalue weighted by molar-refractivity contribution is 5.93. The van der Waals surface area contributed by atoms with Crippen molar-refractivity contribution in [2.75, 3.05) is 13.1 Å². The van der Waals surface area contributed by atoms with E-state index in [4.69, 9.17) is 0 Å². The number of hydrogen-bond donors (Lipinski definition) is 1. The van der Waals surface area contributed by atoms with Crippen LogP contribution < -0.4 is 0 Å². The molecule has 6 heteroatoms. The van der Waals surface area contributed by atoms with Crippen molar-refractivity contribution in [3.63, 3.8) is 0 Å². The van der Waals surface area contributed by atoms with Crippen LogP contribution in [0.3, 0.4) is 0 Å². The fourth-order valence-corrected chi connectivity index (χ4v) is 3.39. The fourth-order valence-electron chi connectivity index (χ4n) is 3.39. The van der Waals surface area contributed by atoms with Crippen molar-refractivity contribution in [2.24, 2.45) is 0 Å². The van der Waals surface area contributed by atoms with Gasteiger partial charge in [0.2, 0.25) is 0 Å². The number of carbonyl (C=O) groups is 1. The van der Waals surface area contributed by atoms with Crippen LogP contribution in [0, 0.1) is 13.8 Å². The van der Waals surface area contributed by atoms with Crippen molar-refractivity contribution in [3.8, 4) is 0 Å². The lowest BCUT2D eigenvalue weighted by molar-refractivity contribution is 0.0699. The van der Waals surface area contributed by atoms with Crippen LogP contribution in [-0.4, -0.2) is 43.2 Å². The maximum Gasteiger partial charge on any atom is 0.274 e. The van der Waals surface area contributed by atoms with Crippen LogP contribution >= 0.6 is 0 Å². The van der Waals surface area contributed by atoms with Crippen LogP contribution in [0.2, 0.25) is 0 Å². The molecule has 1 N–H and O–H groups in total. The van der Waals surface area contributed by atoms with Gasteiger partial charge in [-0.15, -0.1) is 0 Å². The van der Waals surface area contributed by atoms with Crippen molar-refractivity contribution >= 4 is 11.6 Å². The third kappa shape index (κ3) is 2.68. The minimum atomic E-state index is 0.00401. The Morgan fingerprint density at radius 2 is 2.17 bits per heavy atom. The van der Waals surface area contributed by atoms with Crippen LogP contribution in [-0.2, 0) is 0 Å². The summed E-state index contributed by atoms with van der Waals surface area (Å²) < 4.78 is 1.92. The summed E-state index contributed by atoms with van der Waals surface area (Å²) in [5.41, 5.74) is 3.52. The molecule has 1 atom stereocenters. The van der Waals surface area contributed by atoms with E-state index in [9.17, 15) is 4.79 Å². The molecule has 0 bridgehead atoms. The Morgan fingerprint density at radius 1 is 1.29 bits per heavy atom. The van der Waals surface area contributed by atoms with E-state index in [0.29, 0.717) is 12.2 Å². The molecule has 1 aliphatic rings. The Morgan fingerprint density at radius 3 is 2.96 bits per heavy atom. The molecular formula is C18H21N5O. The van der Waals surface area contributed by atoms with Gasteiger partial charge in [-0.1, -0.05) is 6.07 Å². The number of aromatic nitrogens is 4. The second kappa shape index (κ2) is 5.78. The van der Waals surface area contributed by atoms with Gasteiger partial charge in [0.25, 0.3) is 5.91 Å². The van der Waals surface area contributed by atoms with E-state index in [1.54, 1.807) is 0 Å². The van der Waals surface area contributed by atoms with Gasteiger partial charge in [0.15, 0.2) is 0 Å². The van der Waals surface area contributed by atoms with Crippen molar-refractivity contribution in [3.05, 3.63) is 53.5 Å². The van der Waals surface area contributed by atoms with E-state index >= 15 is 0 Å². The van der Waals surface area contributed by atoms with Crippen molar-refractivity contribution < 1.29 is 4.79 Å². The van der Waals surface area contributed by atoms with Gasteiger partial charge in [0.1, 0.15) is 17.2 Å². The molecule has 3 aromatic heterocycles. The molecular weight excluding hydrogens is 302 g/mol. The van der Waals surface area contributed by atoms with Gasteiger partial charge in [-0.2, -0.15) is 0 Å². The Bertz CT molecular complexity index is 894. The van der Waals surface area contributed by atoms with E-state index in [1.807, 2.05) is 53.9 Å². The highest BCUT2D eigenvalue weighted by atomic mass is 16.2. The Kier molecular flexibility index (Phi) is 3.59. The smallest absolute Gasteiger partial charge is 0.274 e. The molecule has 0 aliphatic carbocycles. The Labute approximate surface area is 140 Å². The second-order valence-electron chi connectivity index (χ2n) is 6.64. The predicted molar refractivity (Wildman–Crippen MR) is 91.1 cm³/mol. The number of pyridine rings is 1. The number of fused-ring (bicyclic) bond motifs is 1. The summed E-state index contributed by atoms with van der Waals surface area (Å²) in [6, 6.07) is 3.95. The van der Waals surface area contributed by atoms with Crippen LogP contribution in [0.1, 0.15) is 46.3 Å². The molecule has 0 aromatic carbocycles. The number of H-pyrrole nitrogens is 1. The maximum atomic E-state index is 12.9. The third-order valence-electron chi connectivity index (χ3n) is 4.64. The molecule has 0 spiro atoms. The first kappa shape index (κ1) is 14.9. The first-order chi connectivity index (χ1) is 11.6. The largest absolute Gasteiger partial charge is 0.346 e. The third-order valence-corrected chi connectivity index (χ3v) is 4.64. The Hall–Kier alpha value is -2.63. The average Bonchev–Trinajstić information content (AvgIpc) is 3.20. The van der Waals surface area contributed by atoms with Gasteiger partial charge in [-0.3, -0.25) is 4.79 Å². The summed E-state index contributed by atoms with van der Waals surface area (Å²) in [4.78, 5) is 27.0. The summed E-state index contributed by atoms with van der Waals surface area (Å²) in [7, 11) is 0. The lowest BCUT2D eigenvalue weighted by Gasteiger charge is -2.31. The minimum Gasteiger partial charge on any atom is -0.346 e. The summed E-state index contributed by atoms with van der Waals surface area (Å²) in [5.74, 6) is 1.26. The maximum absolute atomic E-state index is 12.9. The summed E-state index contributed by atoms with van der Waals surface area (Å²) in [6.07, 6.45) is 7.71. The van der Waals surface area contributed by atoms with Gasteiger partial charge in [-0.05, 0) is 38.3 Å². The van der Waals surface area contributed by atoms with Crippen LogP contribution in [0.25, 0.3) is 5.65 Å². The molecule has 1 saturated heterocycles. The Balaban J connectivity index is 1.56. The van der Waals surface area contributed by atoms with Crippen LogP contribution in [0.4, 0.5) is 0 Å². The van der Waals surface area contributed by atoms with Crippen LogP contribution in [0.5, 0.6) is 0 Å². The number of nitrogens with zero attached hydrogens (tertiary/aromatic N) is 4. The average molecular weight is 323 g/mol. The lowest BCUT2D eigenvalue weighted by atomic mass is 9.97. The van der Waals surface area contributed by atoms with Crippen molar-refractivity contribution in [1.29, 1.82) is 0 Å². The number of nitrogens with one attached hydrogen (secondary N) is 1.